The molecular weight excluding hydrogens is 481 g/mol. The van der Waals surface area contributed by atoms with Crippen LogP contribution in [0.15, 0.2) is 0 Å². The molecular formula is H9AsCuGaInSe2. The summed E-state index contributed by atoms with van der Waals surface area (Å²) in [6.07, 6.45) is 0. The van der Waals surface area contributed by atoms with Crippen molar-refractivity contribution in [3.05, 3.63) is 0 Å². The van der Waals surface area contributed by atoms with Gasteiger partial charge >= 0.3 is 63.6 Å². The summed E-state index contributed by atoms with van der Waals surface area (Å²) >= 11 is 0. The van der Waals surface area contributed by atoms with Crippen LogP contribution in [0.3, 0.4) is 0 Å². The maximum absolute atomic E-state index is 0. The molecule has 0 aliphatic rings. The second-order valence-corrected chi connectivity index (χ2v) is 0. The molecule has 0 fully saturated rings. The van der Waals surface area contributed by atoms with Crippen LogP contribution in [-0.4, -0.2) is 97.7 Å². The van der Waals surface area contributed by atoms with Crippen LogP contribution in [0.25, 0.3) is 0 Å². The van der Waals surface area contributed by atoms with Gasteiger partial charge in [0.1, 0.15) is 0 Å². The van der Waals surface area contributed by atoms with E-state index in [-0.39, 0.29) is 115 Å². The first-order chi connectivity index (χ1) is 0. The smallest absolute Gasteiger partial charge is 0 e. The van der Waals surface area contributed by atoms with E-state index in [2.05, 4.69) is 0 Å². The van der Waals surface area contributed by atoms with Gasteiger partial charge in [0.25, 0.3) is 0 Å². The van der Waals surface area contributed by atoms with Crippen molar-refractivity contribution in [1.82, 2.24) is 0 Å². The van der Waals surface area contributed by atoms with Gasteiger partial charge in [0.05, 0.1) is 0 Å². The first-order valence-corrected chi connectivity index (χ1v) is 0. The van der Waals surface area contributed by atoms with E-state index in [1.54, 1.807) is 0 Å². The molecule has 6 heavy (non-hydrogen) atoms. The Labute approximate surface area is 113 Å². The zero-order valence-electron chi connectivity index (χ0n) is 1.83. The number of rotatable bonds is 0. The van der Waals surface area contributed by atoms with Crippen LogP contribution < -0.4 is 0 Å². The maximum Gasteiger partial charge on any atom is 0 e. The molecule has 6 heteroatoms. The van der Waals surface area contributed by atoms with Crippen molar-refractivity contribution in [1.29, 1.82) is 0 Å². The average molecular weight is 490 g/mol. The fourth-order valence-corrected chi connectivity index (χ4v) is 0. The zero-order valence-corrected chi connectivity index (χ0v) is 9.16. The molecule has 43 valence electrons. The van der Waals surface area contributed by atoms with E-state index in [0.717, 1.165) is 0 Å². The van der Waals surface area contributed by atoms with Gasteiger partial charge in [-0.2, -0.15) is 0 Å². The summed E-state index contributed by atoms with van der Waals surface area (Å²) in [5, 5.41) is 0. The summed E-state index contributed by atoms with van der Waals surface area (Å²) in [4.78, 5) is 0. The molecule has 5 radical (unpaired) electrons. The Morgan fingerprint density at radius 2 is 0.833 bits per heavy atom. The third-order valence-electron chi connectivity index (χ3n) is 0. The van der Waals surface area contributed by atoms with Gasteiger partial charge in [0.2, 0.25) is 0 Å². The van der Waals surface area contributed by atoms with Crippen LogP contribution in [0.5, 0.6) is 0 Å². The largest absolute Gasteiger partial charge is 0 e. The molecule has 0 rings (SSSR count). The molecule has 0 saturated carbocycles. The van der Waals surface area contributed by atoms with E-state index in [4.69, 9.17) is 0 Å². The third kappa shape index (κ3) is 25.5. The molecule has 1 atom stereocenters. The summed E-state index contributed by atoms with van der Waals surface area (Å²) < 4.78 is 0. The Morgan fingerprint density at radius 1 is 0.833 bits per heavy atom. The van der Waals surface area contributed by atoms with Crippen molar-refractivity contribution in [2.75, 3.05) is 0 Å². The minimum Gasteiger partial charge on any atom is 0 e. The van der Waals surface area contributed by atoms with Crippen LogP contribution >= 0.6 is 0 Å². The van der Waals surface area contributed by atoms with Crippen LogP contribution in [0.2, 0.25) is 0 Å². The quantitative estimate of drug-likeness (QED) is 0.302. The minimum atomic E-state index is 0. The molecule has 0 N–H and O–H groups in total. The van der Waals surface area contributed by atoms with E-state index in [0.29, 0.717) is 0 Å². The first-order valence-electron chi connectivity index (χ1n) is 0. The van der Waals surface area contributed by atoms with E-state index in [1.807, 2.05) is 0 Å². The van der Waals surface area contributed by atoms with Crippen LogP contribution in [-0.2, 0) is 17.1 Å². The van der Waals surface area contributed by atoms with E-state index >= 15 is 0 Å². The van der Waals surface area contributed by atoms with E-state index < -0.39 is 0 Å². The number of hydrogen-bond donors (Lipinski definition) is 0. The Morgan fingerprint density at radius 3 is 0.833 bits per heavy atom. The van der Waals surface area contributed by atoms with Crippen molar-refractivity contribution in [2.45, 2.75) is 0 Å². The molecule has 0 bridgehead atoms. The van der Waals surface area contributed by atoms with Crippen molar-refractivity contribution in [3.8, 4) is 0 Å². The maximum atomic E-state index is 0. The van der Waals surface area contributed by atoms with Gasteiger partial charge in [-0.15, -0.1) is 0 Å². The van der Waals surface area contributed by atoms with Gasteiger partial charge in [-0.1, -0.05) is 0 Å². The van der Waals surface area contributed by atoms with E-state index in [9.17, 15) is 0 Å². The molecule has 0 aromatic rings. The fourth-order valence-electron chi connectivity index (χ4n) is 0. The molecule has 1 unspecified atom stereocenters. The van der Waals surface area contributed by atoms with Crippen molar-refractivity contribution >= 4 is 97.7 Å². The third-order valence-corrected chi connectivity index (χ3v) is 0. The molecule has 0 saturated heterocycles. The van der Waals surface area contributed by atoms with Gasteiger partial charge in [-0.25, -0.2) is 0 Å². The average Bonchev–Trinajstić information content (AvgIpc) is 0. The standard InChI is InChI=1S/AsH3.Cu.Ga.In.2Se.6H/h1H3;;;;;;;;;;;. The summed E-state index contributed by atoms with van der Waals surface area (Å²) in [6.45, 7) is 0. The van der Waals surface area contributed by atoms with E-state index in [1.165, 1.54) is 0 Å². The SMILES string of the molecule is [AsH3].[Cu].[GaH3].[InH3].[Se].[Se]. The van der Waals surface area contributed by atoms with Crippen molar-refractivity contribution in [3.63, 3.8) is 0 Å². The Balaban J connectivity index is 0. The van der Waals surface area contributed by atoms with Gasteiger partial charge in [0.15, 0.2) is 0 Å². The second-order valence-electron chi connectivity index (χ2n) is 0. The first kappa shape index (κ1) is 54.5. The molecule has 0 nitrogen and oxygen atoms in total. The van der Waals surface area contributed by atoms with Gasteiger partial charge in [0, 0.05) is 51.2 Å². The van der Waals surface area contributed by atoms with Gasteiger partial charge < -0.3 is 0 Å². The molecule has 0 aliphatic carbocycles. The summed E-state index contributed by atoms with van der Waals surface area (Å²) in [6, 6.07) is 0. The van der Waals surface area contributed by atoms with Gasteiger partial charge in [-0.3, -0.25) is 0 Å². The predicted octanol–water partition coefficient (Wildman–Crippen LogP) is -4.32. The Kier molecular flexibility index (Phi) is 347. The minimum absolute atomic E-state index is 0. The molecule has 0 aliphatic heterocycles. The Hall–Kier alpha value is 3.62. The van der Waals surface area contributed by atoms with Crippen LogP contribution in [0, 0.1) is 0 Å². The van der Waals surface area contributed by atoms with Gasteiger partial charge in [-0.05, 0) is 0 Å². The molecule has 0 aromatic heterocycles. The summed E-state index contributed by atoms with van der Waals surface area (Å²) in [5.74, 6) is 0. The van der Waals surface area contributed by atoms with Crippen molar-refractivity contribution in [2.24, 2.45) is 0 Å². The van der Waals surface area contributed by atoms with Crippen LogP contribution in [0.4, 0.5) is 0 Å². The summed E-state index contributed by atoms with van der Waals surface area (Å²) in [5.41, 5.74) is 0. The summed E-state index contributed by atoms with van der Waals surface area (Å²) in [7, 11) is 0. The molecule has 0 spiro atoms. The monoisotopic (exact) mass is 491 g/mol. The second kappa shape index (κ2) is 38.2. The van der Waals surface area contributed by atoms with Crippen LogP contribution in [0.1, 0.15) is 0 Å². The number of hydrogen-bond acceptors (Lipinski definition) is 0. The fraction of sp³-hybridized carbons (Fsp3) is 0. The molecule has 0 aromatic carbocycles. The topological polar surface area (TPSA) is 0 Å². The molecule has 0 amide bonds. The molecule has 0 heterocycles. The predicted molar refractivity (Wildman–Crippen MR) is 41.3 cm³/mol. The normalized spacial score (nSPS) is 0. The van der Waals surface area contributed by atoms with Crippen molar-refractivity contribution < 1.29 is 17.1 Å². The Bertz CT molecular complexity index is 13.5. The zero-order chi connectivity index (χ0) is 0.